The highest BCUT2D eigenvalue weighted by molar-refractivity contribution is 8.10. The Bertz CT molecular complexity index is 208. The maximum atomic E-state index is 12.8. The Morgan fingerprint density at radius 2 is 2.00 bits per heavy atom. The molecule has 11 heavy (non-hydrogen) atoms. The van der Waals surface area contributed by atoms with Gasteiger partial charge in [-0.25, -0.2) is 4.39 Å². The fraction of sp³-hybridized carbons (Fsp3) is 0.250. The molecule has 0 aromatic carbocycles. The topological polar surface area (TPSA) is 0 Å². The summed E-state index contributed by atoms with van der Waals surface area (Å²) in [6.45, 7) is 7.26. The maximum Gasteiger partial charge on any atom is 0.159 e. The zero-order valence-corrected chi connectivity index (χ0v) is 7.68. The molecule has 60 valence electrons. The molecule has 1 aliphatic rings. The molecule has 0 nitrogen and oxygen atoms in total. The Labute approximate surface area is 74.6 Å². The van der Waals surface area contributed by atoms with Gasteiger partial charge in [0, 0.05) is 15.6 Å². The first-order valence-electron chi connectivity index (χ1n) is 3.20. The molecule has 0 aliphatic carbocycles. The number of halogens is 1. The van der Waals surface area contributed by atoms with E-state index in [1.807, 2.05) is 0 Å². The lowest BCUT2D eigenvalue weighted by Gasteiger charge is -2.17. The van der Waals surface area contributed by atoms with Crippen molar-refractivity contribution in [1.29, 1.82) is 0 Å². The molecule has 0 radical (unpaired) electrons. The zero-order valence-electron chi connectivity index (χ0n) is 6.05. The quantitative estimate of drug-likeness (QED) is 0.652. The molecule has 0 saturated heterocycles. The smallest absolute Gasteiger partial charge is 0.159 e. The van der Waals surface area contributed by atoms with Gasteiger partial charge in [-0.1, -0.05) is 37.1 Å². The molecule has 0 aromatic rings. The van der Waals surface area contributed by atoms with Crippen LogP contribution in [0.1, 0.15) is 0 Å². The van der Waals surface area contributed by atoms with Crippen LogP contribution in [0.5, 0.6) is 0 Å². The average molecular weight is 188 g/mol. The first-order valence-corrected chi connectivity index (χ1v) is 5.07. The summed E-state index contributed by atoms with van der Waals surface area (Å²) in [5.41, 5.74) is -0.795. The molecular weight excluding hydrogens is 179 g/mol. The van der Waals surface area contributed by atoms with Crippen molar-refractivity contribution in [3.05, 3.63) is 35.1 Å². The van der Waals surface area contributed by atoms with E-state index in [9.17, 15) is 4.39 Å². The summed E-state index contributed by atoms with van der Waals surface area (Å²) in [5.74, 6) is 0.517. The average Bonchev–Trinajstić information content (AvgIpc) is 2.04. The summed E-state index contributed by atoms with van der Waals surface area (Å²) in [4.78, 5) is 1.95. The summed E-state index contributed by atoms with van der Waals surface area (Å²) < 4.78 is 12.8. The molecule has 0 spiro atoms. The van der Waals surface area contributed by atoms with Gasteiger partial charge in [0.1, 0.15) is 0 Å². The minimum atomic E-state index is -0.795. The second kappa shape index (κ2) is 4.02. The molecule has 1 aliphatic heterocycles. The van der Waals surface area contributed by atoms with E-state index in [1.165, 1.54) is 23.5 Å². The highest BCUT2D eigenvalue weighted by Crippen LogP contribution is 2.39. The predicted molar refractivity (Wildman–Crippen MR) is 52.4 cm³/mol. The molecule has 0 N–H and O–H groups in total. The Morgan fingerprint density at radius 3 is 2.55 bits per heavy atom. The van der Waals surface area contributed by atoms with Crippen LogP contribution in [0, 0.1) is 0 Å². The van der Waals surface area contributed by atoms with E-state index in [-0.39, 0.29) is 0 Å². The summed E-state index contributed by atoms with van der Waals surface area (Å²) in [6.07, 6.45) is 3.43. The molecule has 1 rings (SSSR count). The van der Waals surface area contributed by atoms with Crippen LogP contribution in [0.2, 0.25) is 0 Å². The zero-order chi connectivity index (χ0) is 8.27. The van der Waals surface area contributed by atoms with Crippen molar-refractivity contribution in [3.63, 3.8) is 0 Å². The van der Waals surface area contributed by atoms with Crippen LogP contribution in [0.25, 0.3) is 0 Å². The van der Waals surface area contributed by atoms with Crippen molar-refractivity contribution in [2.24, 2.45) is 0 Å². The van der Waals surface area contributed by atoms with Gasteiger partial charge >= 0.3 is 0 Å². The van der Waals surface area contributed by atoms with Crippen LogP contribution >= 0.6 is 23.5 Å². The first kappa shape index (κ1) is 8.94. The summed E-state index contributed by atoms with van der Waals surface area (Å²) in [5, 5.41) is 0. The third-order valence-corrected chi connectivity index (χ3v) is 3.80. The first-order chi connectivity index (χ1) is 5.27. The van der Waals surface area contributed by atoms with Crippen LogP contribution in [0.4, 0.5) is 4.39 Å². The summed E-state index contributed by atoms with van der Waals surface area (Å²) in [6, 6.07) is 0. The van der Waals surface area contributed by atoms with Crippen LogP contribution in [0.3, 0.4) is 0 Å². The van der Waals surface area contributed by atoms with E-state index in [2.05, 4.69) is 13.2 Å². The van der Waals surface area contributed by atoms with Gasteiger partial charge in [-0.3, -0.25) is 0 Å². The Balaban J connectivity index is 2.82. The lowest BCUT2D eigenvalue weighted by atomic mass is 10.4. The van der Waals surface area contributed by atoms with Crippen LogP contribution in [-0.2, 0) is 0 Å². The van der Waals surface area contributed by atoms with E-state index in [0.717, 1.165) is 9.81 Å². The minimum absolute atomic E-state index is 0.517. The number of hydrogen-bond acceptors (Lipinski definition) is 2. The van der Waals surface area contributed by atoms with Gasteiger partial charge in [0.15, 0.2) is 5.50 Å². The molecule has 0 aromatic heterocycles. The molecule has 1 atom stereocenters. The van der Waals surface area contributed by atoms with E-state index >= 15 is 0 Å². The molecule has 0 amide bonds. The van der Waals surface area contributed by atoms with E-state index in [4.69, 9.17) is 0 Å². The van der Waals surface area contributed by atoms with Gasteiger partial charge in [0.2, 0.25) is 0 Å². The number of rotatable bonds is 2. The number of alkyl halides is 1. The van der Waals surface area contributed by atoms with Gasteiger partial charge < -0.3 is 0 Å². The largest absolute Gasteiger partial charge is 0.234 e. The fourth-order valence-electron chi connectivity index (χ4n) is 0.765. The van der Waals surface area contributed by atoms with Gasteiger partial charge in [-0.2, -0.15) is 0 Å². The van der Waals surface area contributed by atoms with Gasteiger partial charge in [0.05, 0.1) is 0 Å². The van der Waals surface area contributed by atoms with E-state index in [1.54, 1.807) is 12.2 Å². The molecule has 1 unspecified atom stereocenters. The van der Waals surface area contributed by atoms with Crippen LogP contribution < -0.4 is 0 Å². The van der Waals surface area contributed by atoms with Crippen molar-refractivity contribution in [2.45, 2.75) is 5.50 Å². The third kappa shape index (κ3) is 2.14. The van der Waals surface area contributed by atoms with Gasteiger partial charge in [-0.05, 0) is 0 Å². The monoisotopic (exact) mass is 188 g/mol. The van der Waals surface area contributed by atoms with E-state index in [0.29, 0.717) is 5.75 Å². The molecule has 3 heteroatoms. The molecular formula is C8H9FS2. The molecule has 1 heterocycles. The highest BCUT2D eigenvalue weighted by Gasteiger charge is 2.17. The normalized spacial score (nSPS) is 25.0. The fourth-order valence-corrected chi connectivity index (χ4v) is 2.79. The lowest BCUT2D eigenvalue weighted by Crippen LogP contribution is -2.03. The molecule has 0 saturated carbocycles. The van der Waals surface area contributed by atoms with Crippen molar-refractivity contribution in [3.8, 4) is 0 Å². The standard InChI is InChI=1S/C8H9FS2/c1-3-6-7(4-2)11-8(9)5-10-6/h3-4,8H,1-2,5H2. The summed E-state index contributed by atoms with van der Waals surface area (Å²) in [7, 11) is 0. The Hall–Kier alpha value is -0.150. The van der Waals surface area contributed by atoms with Crippen molar-refractivity contribution in [1.82, 2.24) is 0 Å². The van der Waals surface area contributed by atoms with Crippen LogP contribution in [-0.4, -0.2) is 11.3 Å². The SMILES string of the molecule is C=CC1=C(C=C)SC(F)CS1. The van der Waals surface area contributed by atoms with Crippen molar-refractivity contribution in [2.75, 3.05) is 5.75 Å². The lowest BCUT2D eigenvalue weighted by molar-refractivity contribution is 0.490. The van der Waals surface area contributed by atoms with E-state index < -0.39 is 5.50 Å². The van der Waals surface area contributed by atoms with Crippen molar-refractivity contribution < 1.29 is 4.39 Å². The summed E-state index contributed by atoms with van der Waals surface area (Å²) >= 11 is 2.72. The maximum absolute atomic E-state index is 12.8. The van der Waals surface area contributed by atoms with Gasteiger partial charge in [0.25, 0.3) is 0 Å². The molecule has 0 fully saturated rings. The molecule has 0 bridgehead atoms. The third-order valence-electron chi connectivity index (χ3n) is 1.24. The second-order valence-electron chi connectivity index (χ2n) is 1.98. The predicted octanol–water partition coefficient (Wildman–Crippen LogP) is 3.35. The second-order valence-corrected chi connectivity index (χ2v) is 4.22. The number of thioether (sulfide) groups is 2. The highest BCUT2D eigenvalue weighted by atomic mass is 32.2. The number of hydrogen-bond donors (Lipinski definition) is 0. The Kier molecular flexibility index (Phi) is 3.27. The Morgan fingerprint density at radius 1 is 1.36 bits per heavy atom. The minimum Gasteiger partial charge on any atom is -0.234 e. The number of allylic oxidation sites excluding steroid dienone is 2. The van der Waals surface area contributed by atoms with Crippen LogP contribution in [0.15, 0.2) is 35.1 Å². The van der Waals surface area contributed by atoms with Crippen molar-refractivity contribution >= 4 is 23.5 Å². The van der Waals surface area contributed by atoms with Gasteiger partial charge in [-0.15, -0.1) is 11.8 Å².